The molecular formula is C33H38N4O3. The van der Waals surface area contributed by atoms with Crippen molar-refractivity contribution in [2.75, 3.05) is 40.3 Å². The fourth-order valence-electron chi connectivity index (χ4n) is 5.73. The number of benzene rings is 3. The van der Waals surface area contributed by atoms with Crippen LogP contribution in [0.15, 0.2) is 78.9 Å². The fourth-order valence-corrected chi connectivity index (χ4v) is 5.73. The van der Waals surface area contributed by atoms with E-state index >= 15 is 0 Å². The molecule has 208 valence electrons. The second-order valence-electron chi connectivity index (χ2n) is 10.8. The summed E-state index contributed by atoms with van der Waals surface area (Å²) in [5.41, 5.74) is 4.71. The van der Waals surface area contributed by atoms with Gasteiger partial charge in [-0.25, -0.2) is 0 Å². The van der Waals surface area contributed by atoms with Crippen LogP contribution < -0.4 is 5.32 Å². The smallest absolute Gasteiger partial charge is 0.268 e. The van der Waals surface area contributed by atoms with E-state index in [2.05, 4.69) is 39.0 Å². The number of likely N-dealkylation sites (N-methyl/N-ethyl adjacent to an activating group) is 1. The van der Waals surface area contributed by atoms with E-state index in [1.165, 1.54) is 0 Å². The highest BCUT2D eigenvalue weighted by molar-refractivity contribution is 6.03. The summed E-state index contributed by atoms with van der Waals surface area (Å²) in [6, 6.07) is 25.7. The van der Waals surface area contributed by atoms with Gasteiger partial charge >= 0.3 is 0 Å². The lowest BCUT2D eigenvalue weighted by atomic mass is 9.83. The monoisotopic (exact) mass is 538 g/mol. The van der Waals surface area contributed by atoms with Gasteiger partial charge in [-0.05, 0) is 56.3 Å². The zero-order chi connectivity index (χ0) is 28.1. The summed E-state index contributed by atoms with van der Waals surface area (Å²) in [5.74, 6) is 0.0862. The first-order valence-electron chi connectivity index (χ1n) is 14.1. The summed E-state index contributed by atoms with van der Waals surface area (Å²) in [4.78, 5) is 30.2. The summed E-state index contributed by atoms with van der Waals surface area (Å²) in [5, 5.41) is 14.3. The van der Waals surface area contributed by atoms with E-state index in [0.717, 1.165) is 47.1 Å². The molecule has 2 heterocycles. The standard InChI is InChI=1S/C33H38N4O3/c1-35(2)22-23-37-28-13-7-6-12-27(28)31(32(37)33(40)34-19-9-21-36-20-8-14-29(36)39)30(24-10-4-3-5-11-24)25-15-17-26(38)18-16-25/h3-7,10-13,15-18,30,38H,8-9,14,19-23H2,1-2H3,(H,34,40). The minimum atomic E-state index is -0.213. The van der Waals surface area contributed by atoms with Crippen LogP contribution >= 0.6 is 0 Å². The van der Waals surface area contributed by atoms with Gasteiger partial charge in [-0.15, -0.1) is 0 Å². The Bertz CT molecular complexity index is 1460. The van der Waals surface area contributed by atoms with Crippen molar-refractivity contribution in [3.05, 3.63) is 101 Å². The van der Waals surface area contributed by atoms with Crippen molar-refractivity contribution in [3.63, 3.8) is 0 Å². The van der Waals surface area contributed by atoms with Crippen molar-refractivity contribution >= 4 is 22.7 Å². The van der Waals surface area contributed by atoms with Crippen LogP contribution in [0.2, 0.25) is 0 Å². The lowest BCUT2D eigenvalue weighted by Crippen LogP contribution is -2.32. The molecule has 0 aliphatic carbocycles. The third kappa shape index (κ3) is 5.89. The highest BCUT2D eigenvalue weighted by Gasteiger charge is 2.30. The molecule has 4 aromatic rings. The number of aromatic nitrogens is 1. The van der Waals surface area contributed by atoms with E-state index in [1.54, 1.807) is 12.1 Å². The van der Waals surface area contributed by atoms with Crippen LogP contribution in [0.4, 0.5) is 0 Å². The molecule has 1 unspecified atom stereocenters. The van der Waals surface area contributed by atoms with Crippen LogP contribution in [0.1, 0.15) is 52.4 Å². The number of rotatable bonds is 11. The van der Waals surface area contributed by atoms with Gasteiger partial charge in [0.25, 0.3) is 5.91 Å². The average molecular weight is 539 g/mol. The van der Waals surface area contributed by atoms with Gasteiger partial charge in [0.2, 0.25) is 5.91 Å². The maximum Gasteiger partial charge on any atom is 0.268 e. The van der Waals surface area contributed by atoms with Crippen molar-refractivity contribution in [1.82, 2.24) is 19.7 Å². The maximum atomic E-state index is 14.1. The van der Waals surface area contributed by atoms with Gasteiger partial charge < -0.3 is 24.8 Å². The predicted molar refractivity (Wildman–Crippen MR) is 159 cm³/mol. The summed E-state index contributed by atoms with van der Waals surface area (Å²) in [6.45, 7) is 3.41. The Kier molecular flexibility index (Phi) is 8.51. The van der Waals surface area contributed by atoms with Crippen molar-refractivity contribution in [2.45, 2.75) is 31.7 Å². The van der Waals surface area contributed by atoms with E-state index in [9.17, 15) is 14.7 Å². The predicted octanol–water partition coefficient (Wildman–Crippen LogP) is 4.83. The molecule has 2 amide bonds. The van der Waals surface area contributed by atoms with Gasteiger partial charge in [0.05, 0.1) is 0 Å². The van der Waals surface area contributed by atoms with Crippen molar-refractivity contribution in [1.29, 1.82) is 0 Å². The van der Waals surface area contributed by atoms with E-state index in [1.807, 2.05) is 61.5 Å². The minimum Gasteiger partial charge on any atom is -0.508 e. The fraction of sp³-hybridized carbons (Fsp3) is 0.333. The summed E-state index contributed by atoms with van der Waals surface area (Å²) < 4.78 is 2.15. The molecule has 7 nitrogen and oxygen atoms in total. The molecule has 1 atom stereocenters. The first kappa shape index (κ1) is 27.5. The van der Waals surface area contributed by atoms with Gasteiger partial charge in [-0.1, -0.05) is 60.7 Å². The summed E-state index contributed by atoms with van der Waals surface area (Å²) >= 11 is 0. The molecule has 5 rings (SSSR count). The number of phenolic OH excluding ortho intramolecular Hbond substituents is 1. The average Bonchev–Trinajstić information content (AvgIpc) is 3.52. The maximum absolute atomic E-state index is 14.1. The number of nitrogens with zero attached hydrogens (tertiary/aromatic N) is 3. The largest absolute Gasteiger partial charge is 0.508 e. The second kappa shape index (κ2) is 12.4. The molecule has 2 N–H and O–H groups in total. The molecule has 1 saturated heterocycles. The normalized spacial score (nSPS) is 14.3. The number of likely N-dealkylation sites (tertiary alicyclic amines) is 1. The first-order valence-corrected chi connectivity index (χ1v) is 14.1. The van der Waals surface area contributed by atoms with Crippen LogP contribution in [-0.2, 0) is 11.3 Å². The Morgan fingerprint density at radius 2 is 1.65 bits per heavy atom. The van der Waals surface area contributed by atoms with Gasteiger partial charge in [0.15, 0.2) is 0 Å². The van der Waals surface area contributed by atoms with Crippen LogP contribution in [0.5, 0.6) is 5.75 Å². The van der Waals surface area contributed by atoms with Gasteiger partial charge in [-0.3, -0.25) is 9.59 Å². The van der Waals surface area contributed by atoms with E-state index < -0.39 is 0 Å². The molecule has 1 aliphatic heterocycles. The Labute approximate surface area is 236 Å². The Hall–Kier alpha value is -4.10. The Balaban J connectivity index is 1.59. The zero-order valence-corrected chi connectivity index (χ0v) is 23.3. The number of carbonyl (C=O) groups is 2. The number of amides is 2. The Morgan fingerprint density at radius 1 is 0.950 bits per heavy atom. The molecule has 1 aliphatic rings. The molecule has 0 spiro atoms. The zero-order valence-electron chi connectivity index (χ0n) is 23.3. The SMILES string of the molecule is CN(C)CCn1c(C(=O)NCCCN2CCCC2=O)c(C(c2ccccc2)c2ccc(O)cc2)c2ccccc21. The summed E-state index contributed by atoms with van der Waals surface area (Å²) in [6.07, 6.45) is 2.25. The third-order valence-electron chi connectivity index (χ3n) is 7.71. The van der Waals surface area contributed by atoms with Crippen molar-refractivity contribution in [2.24, 2.45) is 0 Å². The number of nitrogens with one attached hydrogen (secondary N) is 1. The molecule has 1 aromatic heterocycles. The molecule has 0 radical (unpaired) electrons. The molecule has 1 fully saturated rings. The lowest BCUT2D eigenvalue weighted by molar-refractivity contribution is -0.127. The number of para-hydroxylation sites is 1. The number of phenols is 1. The number of carbonyl (C=O) groups excluding carboxylic acids is 2. The molecule has 3 aromatic carbocycles. The number of aromatic hydroxyl groups is 1. The number of fused-ring (bicyclic) bond motifs is 1. The second-order valence-corrected chi connectivity index (χ2v) is 10.8. The summed E-state index contributed by atoms with van der Waals surface area (Å²) in [7, 11) is 4.07. The van der Waals surface area contributed by atoms with Crippen LogP contribution in [0, 0.1) is 0 Å². The van der Waals surface area contributed by atoms with E-state index in [-0.39, 0.29) is 23.5 Å². The van der Waals surface area contributed by atoms with Crippen LogP contribution in [0.25, 0.3) is 10.9 Å². The molecule has 40 heavy (non-hydrogen) atoms. The van der Waals surface area contributed by atoms with Gasteiger partial charge in [-0.2, -0.15) is 0 Å². The molecule has 0 bridgehead atoms. The van der Waals surface area contributed by atoms with E-state index in [4.69, 9.17) is 0 Å². The molecular weight excluding hydrogens is 500 g/mol. The number of hydrogen-bond donors (Lipinski definition) is 2. The van der Waals surface area contributed by atoms with Crippen molar-refractivity contribution < 1.29 is 14.7 Å². The van der Waals surface area contributed by atoms with Crippen LogP contribution in [0.3, 0.4) is 0 Å². The molecule has 0 saturated carbocycles. The topological polar surface area (TPSA) is 77.8 Å². The highest BCUT2D eigenvalue weighted by Crippen LogP contribution is 2.40. The van der Waals surface area contributed by atoms with Crippen LogP contribution in [-0.4, -0.2) is 71.6 Å². The number of hydrogen-bond acceptors (Lipinski definition) is 4. The van der Waals surface area contributed by atoms with E-state index in [0.29, 0.717) is 38.2 Å². The third-order valence-corrected chi connectivity index (χ3v) is 7.71. The lowest BCUT2D eigenvalue weighted by Gasteiger charge is -2.22. The first-order chi connectivity index (χ1) is 19.4. The molecule has 7 heteroatoms. The minimum absolute atomic E-state index is 0.114. The highest BCUT2D eigenvalue weighted by atomic mass is 16.3. The van der Waals surface area contributed by atoms with Gasteiger partial charge in [0.1, 0.15) is 11.4 Å². The quantitative estimate of drug-likeness (QED) is 0.268. The van der Waals surface area contributed by atoms with Gasteiger partial charge in [0, 0.05) is 61.5 Å². The Morgan fingerprint density at radius 3 is 2.35 bits per heavy atom. The van der Waals surface area contributed by atoms with Crippen molar-refractivity contribution in [3.8, 4) is 5.75 Å².